The molecule has 1 unspecified atom stereocenters. The van der Waals surface area contributed by atoms with Crippen molar-refractivity contribution in [2.45, 2.75) is 111 Å². The van der Waals surface area contributed by atoms with Gasteiger partial charge in [0.15, 0.2) is 17.4 Å². The smallest absolute Gasteiger partial charge is 0.191 e. The van der Waals surface area contributed by atoms with Gasteiger partial charge >= 0.3 is 0 Å². The summed E-state index contributed by atoms with van der Waals surface area (Å²) in [5, 5.41) is 0. The van der Waals surface area contributed by atoms with Crippen molar-refractivity contribution in [2.75, 3.05) is 0 Å². The van der Waals surface area contributed by atoms with Gasteiger partial charge in [-0.05, 0) is 97.9 Å². The molecule has 2 aromatic carbocycles. The molecule has 1 aliphatic rings. The van der Waals surface area contributed by atoms with Gasteiger partial charge in [0.25, 0.3) is 0 Å². The van der Waals surface area contributed by atoms with Crippen molar-refractivity contribution in [3.63, 3.8) is 0 Å². The zero-order valence-electron chi connectivity index (χ0n) is 23.1. The summed E-state index contributed by atoms with van der Waals surface area (Å²) < 4.78 is 35.2. The predicted octanol–water partition coefficient (Wildman–Crippen LogP) is 10.6. The Morgan fingerprint density at radius 1 is 0.917 bits per heavy atom. The third-order valence-corrected chi connectivity index (χ3v) is 8.00. The van der Waals surface area contributed by atoms with Crippen molar-refractivity contribution in [3.8, 4) is 16.9 Å². The fourth-order valence-corrected chi connectivity index (χ4v) is 5.06. The first kappa shape index (κ1) is 28.4. The molecule has 0 heterocycles. The summed E-state index contributed by atoms with van der Waals surface area (Å²) in [5.74, 6) is -0.284. The lowest BCUT2D eigenvalue weighted by molar-refractivity contribution is 0.188. The summed E-state index contributed by atoms with van der Waals surface area (Å²) in [4.78, 5) is 0. The average Bonchev–Trinajstić information content (AvgIpc) is 2.88. The van der Waals surface area contributed by atoms with Gasteiger partial charge in [0.2, 0.25) is 0 Å². The second kappa shape index (κ2) is 13.4. The van der Waals surface area contributed by atoms with Crippen LogP contribution in [0.5, 0.6) is 5.75 Å². The highest BCUT2D eigenvalue weighted by atomic mass is 19.1. The van der Waals surface area contributed by atoms with E-state index in [9.17, 15) is 8.78 Å². The Labute approximate surface area is 218 Å². The molecule has 1 nitrogen and oxygen atoms in total. The van der Waals surface area contributed by atoms with E-state index >= 15 is 0 Å². The van der Waals surface area contributed by atoms with E-state index in [-0.39, 0.29) is 17.3 Å². The summed E-state index contributed by atoms with van der Waals surface area (Å²) in [6, 6.07) is 11.1. The predicted molar refractivity (Wildman–Crippen MR) is 149 cm³/mol. The number of rotatable bonds is 12. The molecule has 0 bridgehead atoms. The molecular weight excluding hydrogens is 450 g/mol. The Balaban J connectivity index is 1.59. The summed E-state index contributed by atoms with van der Waals surface area (Å²) in [5.41, 5.74) is 2.98. The maximum atomic E-state index is 14.8. The van der Waals surface area contributed by atoms with Crippen molar-refractivity contribution >= 4 is 0 Å². The molecule has 0 saturated heterocycles. The number of hydrogen-bond donors (Lipinski definition) is 0. The van der Waals surface area contributed by atoms with Crippen LogP contribution in [-0.2, 0) is 0 Å². The Morgan fingerprint density at radius 3 is 2.14 bits per heavy atom. The molecule has 3 rings (SSSR count). The van der Waals surface area contributed by atoms with Crippen LogP contribution in [0.2, 0.25) is 0 Å². The summed E-state index contributed by atoms with van der Waals surface area (Å²) in [6.45, 7) is 10.9. The third-order valence-electron chi connectivity index (χ3n) is 8.00. The molecule has 2 aromatic rings. The van der Waals surface area contributed by atoms with E-state index in [0.717, 1.165) is 37.7 Å². The van der Waals surface area contributed by atoms with Gasteiger partial charge in [-0.1, -0.05) is 83.4 Å². The van der Waals surface area contributed by atoms with Gasteiger partial charge in [0.05, 0.1) is 6.10 Å². The number of allylic oxidation sites excluding steroid dienone is 2. The minimum absolute atomic E-state index is 0.209. The molecule has 198 valence electrons. The third kappa shape index (κ3) is 8.18. The molecule has 0 N–H and O–H groups in total. The van der Waals surface area contributed by atoms with E-state index in [1.165, 1.54) is 49.8 Å². The zero-order chi connectivity index (χ0) is 26.1. The number of unbranched alkanes of at least 4 members (excludes halogenated alkanes) is 3. The standard InChI is InChI=1S/C33H46F2O/c1-6-8-9-10-11-24(3)36-32-30(34)22-29(23-31(32)35)28-18-16-27(17-19-28)26-14-12-25(13-15-26)20-21-33(4,5)7-2/h16-26H,6-15H2,1-5H3/b21-20+. The van der Waals surface area contributed by atoms with E-state index in [1.807, 2.05) is 19.1 Å². The minimum atomic E-state index is -0.632. The fraction of sp³-hybridized carbons (Fsp3) is 0.576. The van der Waals surface area contributed by atoms with Crippen LogP contribution < -0.4 is 4.74 Å². The van der Waals surface area contributed by atoms with Crippen molar-refractivity contribution < 1.29 is 13.5 Å². The first-order chi connectivity index (χ1) is 17.2. The molecule has 0 amide bonds. The fourth-order valence-electron chi connectivity index (χ4n) is 5.06. The molecule has 36 heavy (non-hydrogen) atoms. The number of benzene rings is 2. The molecule has 0 spiro atoms. The first-order valence-electron chi connectivity index (χ1n) is 14.2. The van der Waals surface area contributed by atoms with Crippen LogP contribution in [-0.4, -0.2) is 6.10 Å². The lowest BCUT2D eigenvalue weighted by Gasteiger charge is -2.28. The number of ether oxygens (including phenoxy) is 1. The van der Waals surface area contributed by atoms with E-state index in [2.05, 4.69) is 52.0 Å². The van der Waals surface area contributed by atoms with Crippen LogP contribution in [0.3, 0.4) is 0 Å². The van der Waals surface area contributed by atoms with Crippen molar-refractivity contribution in [3.05, 3.63) is 65.7 Å². The van der Waals surface area contributed by atoms with Crippen molar-refractivity contribution in [2.24, 2.45) is 11.3 Å². The zero-order valence-corrected chi connectivity index (χ0v) is 23.1. The van der Waals surface area contributed by atoms with Crippen LogP contribution in [0, 0.1) is 23.0 Å². The Hall–Kier alpha value is -2.16. The normalized spacial score (nSPS) is 19.5. The van der Waals surface area contributed by atoms with Gasteiger partial charge < -0.3 is 4.74 Å². The van der Waals surface area contributed by atoms with Crippen molar-refractivity contribution in [1.29, 1.82) is 0 Å². The quantitative estimate of drug-likeness (QED) is 0.210. The van der Waals surface area contributed by atoms with Crippen LogP contribution >= 0.6 is 0 Å². The van der Waals surface area contributed by atoms with Gasteiger partial charge in [-0.3, -0.25) is 0 Å². The maximum absolute atomic E-state index is 14.8. The van der Waals surface area contributed by atoms with E-state index in [1.54, 1.807) is 0 Å². The molecule has 0 aliphatic heterocycles. The van der Waals surface area contributed by atoms with E-state index < -0.39 is 11.6 Å². The largest absolute Gasteiger partial charge is 0.485 e. The molecular formula is C33H46F2O. The summed E-state index contributed by atoms with van der Waals surface area (Å²) >= 11 is 0. The van der Waals surface area contributed by atoms with Gasteiger partial charge in [-0.25, -0.2) is 8.78 Å². The monoisotopic (exact) mass is 496 g/mol. The summed E-state index contributed by atoms with van der Waals surface area (Å²) in [7, 11) is 0. The molecule has 1 saturated carbocycles. The Kier molecular flexibility index (Phi) is 10.6. The highest BCUT2D eigenvalue weighted by molar-refractivity contribution is 5.65. The Bertz CT molecular complexity index is 945. The van der Waals surface area contributed by atoms with Gasteiger partial charge in [0.1, 0.15) is 0 Å². The molecule has 1 atom stereocenters. The van der Waals surface area contributed by atoms with Crippen LogP contribution in [0.25, 0.3) is 11.1 Å². The molecule has 1 fully saturated rings. The molecule has 0 radical (unpaired) electrons. The first-order valence-corrected chi connectivity index (χ1v) is 14.2. The van der Waals surface area contributed by atoms with E-state index in [4.69, 9.17) is 4.74 Å². The van der Waals surface area contributed by atoms with E-state index in [0.29, 0.717) is 17.4 Å². The average molecular weight is 497 g/mol. The topological polar surface area (TPSA) is 9.23 Å². The van der Waals surface area contributed by atoms with Crippen LogP contribution in [0.15, 0.2) is 48.6 Å². The Morgan fingerprint density at radius 2 is 1.56 bits per heavy atom. The van der Waals surface area contributed by atoms with Gasteiger partial charge in [0, 0.05) is 0 Å². The minimum Gasteiger partial charge on any atom is -0.485 e. The van der Waals surface area contributed by atoms with Gasteiger partial charge in [-0.15, -0.1) is 0 Å². The molecule has 1 aliphatic carbocycles. The lowest BCUT2D eigenvalue weighted by atomic mass is 9.77. The van der Waals surface area contributed by atoms with Gasteiger partial charge in [-0.2, -0.15) is 0 Å². The SMILES string of the molecule is CCCCCCC(C)Oc1c(F)cc(-c2ccc(C3CCC(/C=C/C(C)(C)CC)CC3)cc2)cc1F. The number of halogens is 2. The second-order valence-corrected chi connectivity index (χ2v) is 11.5. The molecule has 3 heteroatoms. The highest BCUT2D eigenvalue weighted by Crippen LogP contribution is 2.38. The molecule has 0 aromatic heterocycles. The number of hydrogen-bond acceptors (Lipinski definition) is 1. The van der Waals surface area contributed by atoms with Crippen LogP contribution in [0.4, 0.5) is 8.78 Å². The lowest BCUT2D eigenvalue weighted by Crippen LogP contribution is -2.13. The van der Waals surface area contributed by atoms with Crippen LogP contribution in [0.1, 0.15) is 110 Å². The highest BCUT2D eigenvalue weighted by Gasteiger charge is 2.22. The summed E-state index contributed by atoms with van der Waals surface area (Å²) in [6.07, 6.45) is 15.9. The van der Waals surface area contributed by atoms with Crippen molar-refractivity contribution in [1.82, 2.24) is 0 Å². The second-order valence-electron chi connectivity index (χ2n) is 11.5. The maximum Gasteiger partial charge on any atom is 0.191 e.